The van der Waals surface area contributed by atoms with Gasteiger partial charge < -0.3 is 14.5 Å². The van der Waals surface area contributed by atoms with Gasteiger partial charge in [-0.25, -0.2) is 0 Å². The Kier molecular flexibility index (Phi) is 16.4. The monoisotopic (exact) mass is 445 g/mol. The molecule has 1 atom stereocenters. The molecule has 0 heterocycles. The zero-order valence-electron chi connectivity index (χ0n) is 21.3. The van der Waals surface area contributed by atoms with E-state index in [-0.39, 0.29) is 16.7 Å². The maximum absolute atomic E-state index is 12.7. The average molecular weight is 446 g/mol. The lowest BCUT2D eigenvalue weighted by Gasteiger charge is -2.29. The summed E-state index contributed by atoms with van der Waals surface area (Å²) in [6.45, 7) is 18.0. The highest BCUT2D eigenvalue weighted by Crippen LogP contribution is 2.32. The molecule has 1 unspecified atom stereocenters. The molecule has 180 valence electrons. The Labute approximate surface area is 189 Å². The van der Waals surface area contributed by atoms with Gasteiger partial charge >= 0.3 is 0 Å². The normalized spacial score (nSPS) is 13.5. The standard InChI is InChI=1S/C25H52NO3P/c1-8-10-11-12-15-18-30(28)19-16-13-14-17-26(9-2)23(27)20-25(6,7)22-29-21-24(3,4)5/h28H,8-22H2,1-7H3. The fourth-order valence-electron chi connectivity index (χ4n) is 3.45. The molecule has 1 N–H and O–H groups in total. The van der Waals surface area contributed by atoms with Gasteiger partial charge in [0.1, 0.15) is 0 Å². The Morgan fingerprint density at radius 2 is 1.43 bits per heavy atom. The van der Waals surface area contributed by atoms with E-state index in [4.69, 9.17) is 4.74 Å². The summed E-state index contributed by atoms with van der Waals surface area (Å²) in [5, 5.41) is 0. The van der Waals surface area contributed by atoms with Gasteiger partial charge in [0.15, 0.2) is 0 Å². The minimum absolute atomic E-state index is 0.139. The number of hydrogen-bond acceptors (Lipinski definition) is 3. The van der Waals surface area contributed by atoms with E-state index in [9.17, 15) is 9.69 Å². The summed E-state index contributed by atoms with van der Waals surface area (Å²) in [7, 11) is -0.777. The van der Waals surface area contributed by atoms with E-state index in [0.29, 0.717) is 19.6 Å². The lowest BCUT2D eigenvalue weighted by molar-refractivity contribution is -0.134. The number of amides is 1. The van der Waals surface area contributed by atoms with Crippen LogP contribution < -0.4 is 0 Å². The summed E-state index contributed by atoms with van der Waals surface area (Å²) >= 11 is 0. The van der Waals surface area contributed by atoms with Gasteiger partial charge in [0.05, 0.1) is 13.2 Å². The SMILES string of the molecule is CCCCCCCP(O)CCCCCN(CC)C(=O)CC(C)(C)COCC(C)(C)C. The van der Waals surface area contributed by atoms with Crippen molar-refractivity contribution in [3.05, 3.63) is 0 Å². The van der Waals surface area contributed by atoms with Crippen molar-refractivity contribution >= 4 is 14.1 Å². The molecule has 1 amide bonds. The molecule has 0 aliphatic heterocycles. The summed E-state index contributed by atoms with van der Waals surface area (Å²) in [4.78, 5) is 24.9. The van der Waals surface area contributed by atoms with E-state index >= 15 is 0 Å². The molecule has 0 fully saturated rings. The van der Waals surface area contributed by atoms with Crippen molar-refractivity contribution in [2.24, 2.45) is 10.8 Å². The van der Waals surface area contributed by atoms with Crippen LogP contribution in [-0.4, -0.2) is 54.3 Å². The van der Waals surface area contributed by atoms with Crippen LogP contribution in [0.1, 0.15) is 106 Å². The molecule has 0 aromatic rings. The predicted octanol–water partition coefficient (Wildman–Crippen LogP) is 6.84. The second-order valence-electron chi connectivity index (χ2n) is 10.8. The number of nitrogens with zero attached hydrogens (tertiary/aromatic N) is 1. The van der Waals surface area contributed by atoms with Crippen molar-refractivity contribution < 1.29 is 14.4 Å². The molecule has 0 radical (unpaired) electrons. The van der Waals surface area contributed by atoms with Crippen LogP contribution in [0, 0.1) is 10.8 Å². The largest absolute Gasteiger partial charge is 0.380 e. The van der Waals surface area contributed by atoms with E-state index in [1.54, 1.807) is 0 Å². The first kappa shape index (κ1) is 29.8. The highest BCUT2D eigenvalue weighted by Gasteiger charge is 2.26. The topological polar surface area (TPSA) is 49.8 Å². The Balaban J connectivity index is 4.01. The maximum Gasteiger partial charge on any atom is 0.223 e. The number of carbonyl (C=O) groups excluding carboxylic acids is 1. The van der Waals surface area contributed by atoms with Gasteiger partial charge in [-0.3, -0.25) is 4.79 Å². The Morgan fingerprint density at radius 3 is 1.97 bits per heavy atom. The van der Waals surface area contributed by atoms with Crippen molar-refractivity contribution in [1.82, 2.24) is 4.90 Å². The van der Waals surface area contributed by atoms with Crippen molar-refractivity contribution in [3.8, 4) is 0 Å². The van der Waals surface area contributed by atoms with E-state index in [2.05, 4.69) is 48.5 Å². The van der Waals surface area contributed by atoms with E-state index in [1.807, 2.05) is 4.90 Å². The lowest BCUT2D eigenvalue weighted by Crippen LogP contribution is -2.36. The van der Waals surface area contributed by atoms with Gasteiger partial charge in [0.25, 0.3) is 0 Å². The number of hydrogen-bond donors (Lipinski definition) is 1. The summed E-state index contributed by atoms with van der Waals surface area (Å²) in [5.74, 6) is 0.235. The molecule has 0 bridgehead atoms. The maximum atomic E-state index is 12.7. The molecule has 0 aromatic heterocycles. The number of unbranched alkanes of at least 4 members (excludes halogenated alkanes) is 6. The minimum atomic E-state index is -0.777. The quantitative estimate of drug-likeness (QED) is 0.185. The Hall–Kier alpha value is -0.180. The molecular formula is C25H52NO3P. The summed E-state index contributed by atoms with van der Waals surface area (Å²) in [6, 6.07) is 0. The third-order valence-electron chi connectivity index (χ3n) is 5.26. The molecule has 5 heteroatoms. The lowest BCUT2D eigenvalue weighted by atomic mass is 9.89. The van der Waals surface area contributed by atoms with Crippen LogP contribution in [0.4, 0.5) is 0 Å². The minimum Gasteiger partial charge on any atom is -0.380 e. The summed E-state index contributed by atoms with van der Waals surface area (Å²) < 4.78 is 5.87. The second-order valence-corrected chi connectivity index (χ2v) is 12.7. The third-order valence-corrected chi connectivity index (χ3v) is 6.92. The van der Waals surface area contributed by atoms with Crippen LogP contribution in [0.2, 0.25) is 0 Å². The highest BCUT2D eigenvalue weighted by atomic mass is 31.1. The molecule has 0 aliphatic carbocycles. The first-order chi connectivity index (χ1) is 14.0. The molecule has 0 aliphatic rings. The van der Waals surface area contributed by atoms with Crippen LogP contribution in [0.5, 0.6) is 0 Å². The van der Waals surface area contributed by atoms with Crippen molar-refractivity contribution in [3.63, 3.8) is 0 Å². The van der Waals surface area contributed by atoms with Gasteiger partial charge in [0.2, 0.25) is 5.91 Å². The van der Waals surface area contributed by atoms with E-state index in [1.165, 1.54) is 32.1 Å². The second kappa shape index (κ2) is 16.5. The van der Waals surface area contributed by atoms with Crippen LogP contribution in [0.25, 0.3) is 0 Å². The Bertz CT molecular complexity index is 435. The molecule has 30 heavy (non-hydrogen) atoms. The molecule has 4 nitrogen and oxygen atoms in total. The van der Waals surface area contributed by atoms with Crippen LogP contribution in [0.15, 0.2) is 0 Å². The molecule has 0 saturated heterocycles. The molecule has 0 saturated carbocycles. The molecule has 0 rings (SSSR count). The summed E-state index contributed by atoms with van der Waals surface area (Å²) in [5.41, 5.74) is 0.0130. The number of rotatable bonds is 18. The van der Waals surface area contributed by atoms with Crippen molar-refractivity contribution in [1.29, 1.82) is 0 Å². The van der Waals surface area contributed by atoms with Crippen molar-refractivity contribution in [2.45, 2.75) is 106 Å². The van der Waals surface area contributed by atoms with E-state index < -0.39 is 8.15 Å². The first-order valence-corrected chi connectivity index (χ1v) is 14.0. The third kappa shape index (κ3) is 17.5. The molecular weight excluding hydrogens is 393 g/mol. The highest BCUT2D eigenvalue weighted by molar-refractivity contribution is 7.51. The van der Waals surface area contributed by atoms with Crippen LogP contribution >= 0.6 is 8.15 Å². The van der Waals surface area contributed by atoms with Gasteiger partial charge in [-0.2, -0.15) is 0 Å². The van der Waals surface area contributed by atoms with Gasteiger partial charge in [0, 0.05) is 27.7 Å². The average Bonchev–Trinajstić information content (AvgIpc) is 2.62. The van der Waals surface area contributed by atoms with Gasteiger partial charge in [-0.15, -0.1) is 0 Å². The Morgan fingerprint density at radius 1 is 0.867 bits per heavy atom. The van der Waals surface area contributed by atoms with Crippen molar-refractivity contribution in [2.75, 3.05) is 38.6 Å². The molecule has 0 aromatic carbocycles. The fraction of sp³-hybridized carbons (Fsp3) is 0.960. The zero-order valence-corrected chi connectivity index (χ0v) is 22.2. The van der Waals surface area contributed by atoms with Gasteiger partial charge in [-0.05, 0) is 49.3 Å². The smallest absolute Gasteiger partial charge is 0.223 e. The summed E-state index contributed by atoms with van der Waals surface area (Å²) in [6.07, 6.45) is 12.0. The number of carbonyl (C=O) groups is 1. The van der Waals surface area contributed by atoms with Crippen LogP contribution in [-0.2, 0) is 9.53 Å². The van der Waals surface area contributed by atoms with Gasteiger partial charge in [-0.1, -0.05) is 73.6 Å². The molecule has 0 spiro atoms. The predicted molar refractivity (Wildman–Crippen MR) is 132 cm³/mol. The first-order valence-electron chi connectivity index (χ1n) is 12.3. The zero-order chi connectivity index (χ0) is 23.0. The van der Waals surface area contributed by atoms with Crippen LogP contribution in [0.3, 0.4) is 0 Å². The number of ether oxygens (including phenoxy) is 1. The van der Waals surface area contributed by atoms with E-state index in [0.717, 1.165) is 44.7 Å². The fourth-order valence-corrected chi connectivity index (χ4v) is 4.85.